The fourth-order valence-electron chi connectivity index (χ4n) is 3.88. The first-order valence-corrected chi connectivity index (χ1v) is 10.9. The van der Waals surface area contributed by atoms with Gasteiger partial charge in [-0.05, 0) is 55.0 Å². The lowest BCUT2D eigenvalue weighted by Crippen LogP contribution is -2.20. The van der Waals surface area contributed by atoms with E-state index < -0.39 is 23.8 Å². The van der Waals surface area contributed by atoms with E-state index in [1.807, 2.05) is 0 Å². The number of halogens is 5. The molecule has 2 atom stereocenters. The zero-order valence-electron chi connectivity index (χ0n) is 17.9. The molecule has 3 rings (SSSR count). The van der Waals surface area contributed by atoms with Crippen LogP contribution in [0, 0.1) is 5.92 Å². The molecule has 0 bridgehead atoms. The summed E-state index contributed by atoms with van der Waals surface area (Å²) in [6, 6.07) is 10.4. The van der Waals surface area contributed by atoms with E-state index in [1.54, 1.807) is 12.1 Å². The Morgan fingerprint density at radius 1 is 0.906 bits per heavy atom. The third-order valence-corrected chi connectivity index (χ3v) is 5.66. The highest BCUT2D eigenvalue weighted by Crippen LogP contribution is 2.35. The Bertz CT molecular complexity index is 880. The standard InChI is InChI=1S/C25H27F5O2/c1-2-3-4-5-17-6-15-22(31-16-17)18-7-9-19(10-8-18)23(26)24(27)20-11-13-21(14-12-20)32-25(28,29)30/h7-14,17,22H,2-6,15-16H2,1H3/b24-23-. The number of alkyl halides is 3. The fraction of sp³-hybridized carbons (Fsp3) is 0.440. The van der Waals surface area contributed by atoms with Crippen molar-refractivity contribution >= 4 is 11.7 Å². The molecule has 2 aromatic rings. The van der Waals surface area contributed by atoms with Crippen molar-refractivity contribution in [2.45, 2.75) is 57.9 Å². The van der Waals surface area contributed by atoms with Gasteiger partial charge in [0.25, 0.3) is 0 Å². The van der Waals surface area contributed by atoms with Gasteiger partial charge in [-0.15, -0.1) is 13.2 Å². The molecule has 7 heteroatoms. The minimum atomic E-state index is -4.85. The summed E-state index contributed by atoms with van der Waals surface area (Å²) < 4.78 is 75.6. The Balaban J connectivity index is 1.62. The van der Waals surface area contributed by atoms with E-state index in [2.05, 4.69) is 11.7 Å². The van der Waals surface area contributed by atoms with E-state index in [-0.39, 0.29) is 17.2 Å². The van der Waals surface area contributed by atoms with Crippen LogP contribution in [0.3, 0.4) is 0 Å². The lowest BCUT2D eigenvalue weighted by Gasteiger charge is -2.29. The molecule has 0 radical (unpaired) electrons. The fourth-order valence-corrected chi connectivity index (χ4v) is 3.88. The highest BCUT2D eigenvalue weighted by molar-refractivity contribution is 5.83. The van der Waals surface area contributed by atoms with Crippen LogP contribution in [0.4, 0.5) is 22.0 Å². The van der Waals surface area contributed by atoms with Gasteiger partial charge in [-0.2, -0.15) is 0 Å². The van der Waals surface area contributed by atoms with E-state index in [0.717, 1.165) is 42.7 Å². The minimum absolute atomic E-state index is 0.0510. The van der Waals surface area contributed by atoms with Crippen LogP contribution in [0.5, 0.6) is 5.75 Å². The average molecular weight is 454 g/mol. The van der Waals surface area contributed by atoms with Gasteiger partial charge in [-0.3, -0.25) is 0 Å². The number of rotatable bonds is 8. The molecular formula is C25H27F5O2. The molecule has 1 aliphatic rings. The second kappa shape index (κ2) is 10.9. The first-order valence-electron chi connectivity index (χ1n) is 10.9. The summed E-state index contributed by atoms with van der Waals surface area (Å²) in [7, 11) is 0. The number of ether oxygens (including phenoxy) is 2. The van der Waals surface area contributed by atoms with Gasteiger partial charge in [0, 0.05) is 11.1 Å². The van der Waals surface area contributed by atoms with Gasteiger partial charge in [0.1, 0.15) is 5.75 Å². The van der Waals surface area contributed by atoms with E-state index >= 15 is 0 Å². The molecule has 1 heterocycles. The van der Waals surface area contributed by atoms with E-state index in [4.69, 9.17) is 4.74 Å². The average Bonchev–Trinajstić information content (AvgIpc) is 2.78. The van der Waals surface area contributed by atoms with Crippen molar-refractivity contribution in [3.63, 3.8) is 0 Å². The van der Waals surface area contributed by atoms with E-state index in [9.17, 15) is 22.0 Å². The lowest BCUT2D eigenvalue weighted by atomic mass is 9.90. The van der Waals surface area contributed by atoms with E-state index in [1.165, 1.54) is 37.8 Å². The zero-order valence-corrected chi connectivity index (χ0v) is 17.9. The van der Waals surface area contributed by atoms with E-state index in [0.29, 0.717) is 12.5 Å². The summed E-state index contributed by atoms with van der Waals surface area (Å²) in [5.41, 5.74) is 0.795. The SMILES string of the molecule is CCCCCC1CCC(c2ccc(/C(F)=C(/F)c3ccc(OC(F)(F)F)cc3)cc2)OC1. The molecular weight excluding hydrogens is 427 g/mol. The van der Waals surface area contributed by atoms with Crippen LogP contribution in [0.2, 0.25) is 0 Å². The normalized spacial score (nSPS) is 20.1. The molecule has 2 nitrogen and oxygen atoms in total. The minimum Gasteiger partial charge on any atom is -0.406 e. The molecule has 1 aliphatic heterocycles. The maximum Gasteiger partial charge on any atom is 0.573 e. The summed E-state index contributed by atoms with van der Waals surface area (Å²) in [5.74, 6) is -2.15. The first-order chi connectivity index (χ1) is 15.3. The van der Waals surface area contributed by atoms with Gasteiger partial charge in [-0.25, -0.2) is 8.78 Å². The molecule has 174 valence electrons. The topological polar surface area (TPSA) is 18.5 Å². The van der Waals surface area contributed by atoms with Crippen molar-refractivity contribution in [3.05, 3.63) is 65.2 Å². The van der Waals surface area contributed by atoms with Crippen molar-refractivity contribution in [1.82, 2.24) is 0 Å². The van der Waals surface area contributed by atoms with Crippen molar-refractivity contribution in [2.24, 2.45) is 5.92 Å². The van der Waals surface area contributed by atoms with Gasteiger partial charge in [0.2, 0.25) is 0 Å². The summed E-state index contributed by atoms with van der Waals surface area (Å²) >= 11 is 0. The van der Waals surface area contributed by atoms with Crippen LogP contribution in [0.25, 0.3) is 11.7 Å². The van der Waals surface area contributed by atoms with Gasteiger partial charge in [0.15, 0.2) is 11.7 Å². The van der Waals surface area contributed by atoms with Gasteiger partial charge in [-0.1, -0.05) is 50.5 Å². The van der Waals surface area contributed by atoms with Crippen molar-refractivity contribution in [2.75, 3.05) is 6.61 Å². The summed E-state index contributed by atoms with van der Waals surface area (Å²) in [5, 5.41) is 0. The second-order valence-electron chi connectivity index (χ2n) is 8.08. The molecule has 0 aromatic heterocycles. The third-order valence-electron chi connectivity index (χ3n) is 5.66. The number of benzene rings is 2. The third kappa shape index (κ3) is 6.79. The molecule has 1 saturated heterocycles. The molecule has 0 saturated carbocycles. The van der Waals surface area contributed by atoms with Crippen LogP contribution < -0.4 is 4.74 Å². The summed E-state index contributed by atoms with van der Waals surface area (Å²) in [4.78, 5) is 0. The summed E-state index contributed by atoms with van der Waals surface area (Å²) in [6.07, 6.45) is 1.93. The molecule has 1 fully saturated rings. The Morgan fingerprint density at radius 3 is 2.00 bits per heavy atom. The predicted molar refractivity (Wildman–Crippen MR) is 114 cm³/mol. The van der Waals surface area contributed by atoms with Crippen LogP contribution >= 0.6 is 0 Å². The molecule has 0 N–H and O–H groups in total. The van der Waals surface area contributed by atoms with Crippen LogP contribution in [0.1, 0.15) is 68.2 Å². The van der Waals surface area contributed by atoms with Crippen LogP contribution in [-0.2, 0) is 4.74 Å². The van der Waals surface area contributed by atoms with Crippen molar-refractivity contribution in [3.8, 4) is 5.75 Å². The number of hydrogen-bond donors (Lipinski definition) is 0. The Labute approximate surface area is 185 Å². The maximum atomic E-state index is 14.6. The van der Waals surface area contributed by atoms with Gasteiger partial charge >= 0.3 is 6.36 Å². The predicted octanol–water partition coefficient (Wildman–Crippen LogP) is 8.40. The Morgan fingerprint density at radius 2 is 1.50 bits per heavy atom. The highest BCUT2D eigenvalue weighted by atomic mass is 19.4. The van der Waals surface area contributed by atoms with Gasteiger partial charge in [0.05, 0.1) is 12.7 Å². The molecule has 0 spiro atoms. The monoisotopic (exact) mass is 454 g/mol. The van der Waals surface area contributed by atoms with Crippen molar-refractivity contribution < 1.29 is 31.4 Å². The Hall–Kier alpha value is -2.41. The first kappa shape index (κ1) is 24.2. The maximum absolute atomic E-state index is 14.6. The largest absolute Gasteiger partial charge is 0.573 e. The molecule has 32 heavy (non-hydrogen) atoms. The zero-order chi connectivity index (χ0) is 23.1. The smallest absolute Gasteiger partial charge is 0.406 e. The quantitative estimate of drug-likeness (QED) is 0.226. The van der Waals surface area contributed by atoms with Crippen molar-refractivity contribution in [1.29, 1.82) is 0 Å². The lowest BCUT2D eigenvalue weighted by molar-refractivity contribution is -0.274. The molecule has 0 amide bonds. The molecule has 2 unspecified atom stereocenters. The summed E-state index contributed by atoms with van der Waals surface area (Å²) in [6.45, 7) is 2.90. The van der Waals surface area contributed by atoms with Gasteiger partial charge < -0.3 is 9.47 Å². The number of unbranched alkanes of at least 4 members (excludes halogenated alkanes) is 2. The number of hydrogen-bond acceptors (Lipinski definition) is 2. The molecule has 0 aliphatic carbocycles. The molecule has 2 aromatic carbocycles. The Kier molecular flexibility index (Phi) is 8.29. The second-order valence-corrected chi connectivity index (χ2v) is 8.08. The van der Waals surface area contributed by atoms with Crippen LogP contribution in [-0.4, -0.2) is 13.0 Å². The highest BCUT2D eigenvalue weighted by Gasteiger charge is 2.31. The van der Waals surface area contributed by atoms with Crippen LogP contribution in [0.15, 0.2) is 48.5 Å².